The zero-order valence-corrected chi connectivity index (χ0v) is 15.4. The van der Waals surface area contributed by atoms with Gasteiger partial charge in [-0.2, -0.15) is 0 Å². The Morgan fingerprint density at radius 3 is 2.04 bits per heavy atom. The zero-order valence-electron chi connectivity index (χ0n) is 15.4. The van der Waals surface area contributed by atoms with Gasteiger partial charge >= 0.3 is 5.97 Å². The van der Waals surface area contributed by atoms with E-state index in [1.54, 1.807) is 38.4 Å². The number of hydrogen-bond acceptors (Lipinski definition) is 6. The van der Waals surface area contributed by atoms with E-state index < -0.39 is 17.5 Å². The summed E-state index contributed by atoms with van der Waals surface area (Å²) in [6, 6.07) is 10.2. The van der Waals surface area contributed by atoms with E-state index in [1.807, 2.05) is 0 Å². The van der Waals surface area contributed by atoms with Crippen molar-refractivity contribution in [2.45, 2.75) is 0 Å². The number of carbonyl (C=O) groups excluding carboxylic acids is 2. The number of amides is 1. The first-order valence-corrected chi connectivity index (χ1v) is 8.17. The van der Waals surface area contributed by atoms with Gasteiger partial charge in [-0.3, -0.25) is 15.0 Å². The van der Waals surface area contributed by atoms with Crippen LogP contribution in [0.4, 0.5) is 5.69 Å². The van der Waals surface area contributed by atoms with Gasteiger partial charge in [0.25, 0.3) is 5.91 Å². The Kier molecular flexibility index (Phi) is 5.95. The fourth-order valence-electron chi connectivity index (χ4n) is 2.42. The van der Waals surface area contributed by atoms with Crippen LogP contribution in [-0.4, -0.2) is 47.5 Å². The minimum absolute atomic E-state index is 0.0109. The van der Waals surface area contributed by atoms with Crippen molar-refractivity contribution >= 4 is 34.8 Å². The van der Waals surface area contributed by atoms with Crippen LogP contribution in [0.3, 0.4) is 0 Å². The molecule has 2 aromatic carbocycles. The quantitative estimate of drug-likeness (QED) is 0.339. The lowest BCUT2D eigenvalue weighted by Gasteiger charge is -2.10. The molecule has 0 saturated heterocycles. The smallest absolute Gasteiger partial charge is 0.335 e. The predicted molar refractivity (Wildman–Crippen MR) is 106 cm³/mol. The van der Waals surface area contributed by atoms with Gasteiger partial charge in [-0.15, -0.1) is 0 Å². The number of carboxylic acids is 1. The monoisotopic (exact) mass is 380 g/mol. The van der Waals surface area contributed by atoms with Crippen molar-refractivity contribution in [2.75, 3.05) is 19.8 Å². The van der Waals surface area contributed by atoms with E-state index in [1.165, 1.54) is 23.1 Å². The average Bonchev–Trinajstić information content (AvgIpc) is 2.66. The molecule has 8 nitrogen and oxygen atoms in total. The van der Waals surface area contributed by atoms with Gasteiger partial charge in [0.05, 0.1) is 5.56 Å². The summed E-state index contributed by atoms with van der Waals surface area (Å²) in [7, 11) is 3.28. The summed E-state index contributed by atoms with van der Waals surface area (Å²) >= 11 is 0. The number of carboxylic acid groups (broad SMARTS) is 1. The molecule has 28 heavy (non-hydrogen) atoms. The Morgan fingerprint density at radius 1 is 1.00 bits per heavy atom. The second kappa shape index (κ2) is 8.17. The molecule has 0 heterocycles. The summed E-state index contributed by atoms with van der Waals surface area (Å²) in [4.78, 5) is 36.6. The maximum Gasteiger partial charge on any atom is 0.335 e. The van der Waals surface area contributed by atoms with E-state index >= 15 is 0 Å². The molecule has 0 fully saturated rings. The van der Waals surface area contributed by atoms with E-state index in [0.29, 0.717) is 11.1 Å². The van der Waals surface area contributed by atoms with Gasteiger partial charge in [-0.25, -0.2) is 4.79 Å². The Balaban J connectivity index is 2.22. The number of carbonyl (C=O) groups is 3. The number of anilines is 1. The second-order valence-electron chi connectivity index (χ2n) is 6.22. The molecule has 0 aromatic heterocycles. The van der Waals surface area contributed by atoms with E-state index in [9.17, 15) is 14.4 Å². The molecule has 0 spiro atoms. The number of ketones is 1. The molecule has 0 atom stereocenters. The van der Waals surface area contributed by atoms with Crippen molar-refractivity contribution in [3.8, 4) is 0 Å². The lowest BCUT2D eigenvalue weighted by Crippen LogP contribution is -2.21. The number of nitrogens with one attached hydrogen (secondary N) is 1. The Morgan fingerprint density at radius 2 is 1.54 bits per heavy atom. The van der Waals surface area contributed by atoms with E-state index in [0.717, 1.165) is 6.08 Å². The fourth-order valence-corrected chi connectivity index (χ4v) is 2.42. The van der Waals surface area contributed by atoms with Crippen molar-refractivity contribution in [3.05, 3.63) is 70.8 Å². The van der Waals surface area contributed by atoms with Crippen molar-refractivity contribution in [1.82, 2.24) is 4.90 Å². The molecule has 2 aromatic rings. The fraction of sp³-hybridized carbons (Fsp3) is 0.100. The predicted octanol–water partition coefficient (Wildman–Crippen LogP) is 1.61. The van der Waals surface area contributed by atoms with E-state index in [4.69, 9.17) is 22.0 Å². The van der Waals surface area contributed by atoms with Gasteiger partial charge in [0.15, 0.2) is 0 Å². The Bertz CT molecular complexity index is 992. The third-order valence-corrected chi connectivity index (χ3v) is 3.97. The molecule has 6 N–H and O–H groups in total. The molecule has 0 bridgehead atoms. The number of aromatic carboxylic acids is 1. The number of allylic oxidation sites excluding steroid dienone is 1. The van der Waals surface area contributed by atoms with Crippen LogP contribution in [-0.2, 0) is 4.79 Å². The lowest BCUT2D eigenvalue weighted by atomic mass is 10.0. The van der Waals surface area contributed by atoms with Crippen molar-refractivity contribution < 1.29 is 19.5 Å². The van der Waals surface area contributed by atoms with Crippen LogP contribution in [0.2, 0.25) is 0 Å². The molecule has 0 radical (unpaired) electrons. The van der Waals surface area contributed by atoms with Crippen LogP contribution < -0.4 is 11.5 Å². The molecular formula is C20H20N4O4. The van der Waals surface area contributed by atoms with Gasteiger partial charge in [0.1, 0.15) is 5.71 Å². The van der Waals surface area contributed by atoms with Crippen molar-refractivity contribution in [2.24, 2.45) is 5.73 Å². The highest BCUT2D eigenvalue weighted by atomic mass is 16.4. The number of rotatable bonds is 6. The average molecular weight is 380 g/mol. The van der Waals surface area contributed by atoms with Gasteiger partial charge < -0.3 is 21.5 Å². The third kappa shape index (κ3) is 4.42. The standard InChI is InChI=1S/C20H20N4O4/c1-24(2)19(26)12-5-3-11(4-6-12)15(21)10-17(25)18(23)14-8-7-13(20(27)28)9-16(14)22/h3-10,23H,21-22H2,1-2H3,(H,27,28)/b15-10-,23-18?. The normalized spacial score (nSPS) is 11.0. The highest BCUT2D eigenvalue weighted by Gasteiger charge is 2.16. The highest BCUT2D eigenvalue weighted by Crippen LogP contribution is 2.17. The molecule has 0 unspecified atom stereocenters. The van der Waals surface area contributed by atoms with Gasteiger partial charge in [-0.1, -0.05) is 12.1 Å². The highest BCUT2D eigenvalue weighted by molar-refractivity contribution is 6.50. The molecule has 0 aliphatic rings. The van der Waals surface area contributed by atoms with E-state index in [-0.39, 0.29) is 28.4 Å². The van der Waals surface area contributed by atoms with Crippen LogP contribution in [0.25, 0.3) is 5.70 Å². The summed E-state index contributed by atoms with van der Waals surface area (Å²) in [5.41, 5.74) is 12.5. The van der Waals surface area contributed by atoms with Gasteiger partial charge in [0, 0.05) is 42.7 Å². The van der Waals surface area contributed by atoms with Gasteiger partial charge in [-0.05, 0) is 35.9 Å². The minimum Gasteiger partial charge on any atom is -0.478 e. The van der Waals surface area contributed by atoms with Crippen molar-refractivity contribution in [3.63, 3.8) is 0 Å². The number of hydrogen-bond donors (Lipinski definition) is 4. The van der Waals surface area contributed by atoms with Crippen LogP contribution in [0.1, 0.15) is 31.8 Å². The maximum absolute atomic E-state index is 12.3. The maximum atomic E-state index is 12.3. The topological polar surface area (TPSA) is 151 Å². The second-order valence-corrected chi connectivity index (χ2v) is 6.22. The molecule has 8 heteroatoms. The third-order valence-electron chi connectivity index (χ3n) is 3.97. The minimum atomic E-state index is -1.16. The molecule has 144 valence electrons. The largest absolute Gasteiger partial charge is 0.478 e. The number of nitrogens with two attached hydrogens (primary N) is 2. The number of nitrogen functional groups attached to an aromatic ring is 1. The summed E-state index contributed by atoms with van der Waals surface area (Å²) in [6.07, 6.45) is 1.09. The van der Waals surface area contributed by atoms with E-state index in [2.05, 4.69) is 0 Å². The van der Waals surface area contributed by atoms with Crippen LogP contribution in [0, 0.1) is 5.41 Å². The summed E-state index contributed by atoms with van der Waals surface area (Å²) in [5.74, 6) is -2.00. The zero-order chi connectivity index (χ0) is 21.0. The SMILES string of the molecule is CN(C)C(=O)c1ccc(/C(N)=C/C(=O)C(=N)c2ccc(C(=O)O)cc2N)cc1. The molecule has 2 rings (SSSR count). The summed E-state index contributed by atoms with van der Waals surface area (Å²) in [6.45, 7) is 0. The lowest BCUT2D eigenvalue weighted by molar-refractivity contribution is -0.108. The summed E-state index contributed by atoms with van der Waals surface area (Å²) in [5, 5.41) is 17.0. The van der Waals surface area contributed by atoms with Crippen LogP contribution >= 0.6 is 0 Å². The summed E-state index contributed by atoms with van der Waals surface area (Å²) < 4.78 is 0. The first-order chi connectivity index (χ1) is 13.1. The van der Waals surface area contributed by atoms with Gasteiger partial charge in [0.2, 0.25) is 5.78 Å². The molecular weight excluding hydrogens is 360 g/mol. The molecule has 1 amide bonds. The number of nitrogens with zero attached hydrogens (tertiary/aromatic N) is 1. The van der Waals surface area contributed by atoms with Crippen LogP contribution in [0.15, 0.2) is 48.5 Å². The molecule has 0 aliphatic carbocycles. The molecule has 0 aliphatic heterocycles. The van der Waals surface area contributed by atoms with Crippen LogP contribution in [0.5, 0.6) is 0 Å². The van der Waals surface area contributed by atoms with Crippen molar-refractivity contribution in [1.29, 1.82) is 5.41 Å². The first kappa shape index (κ1) is 20.4. The molecule has 0 saturated carbocycles. The Labute approximate surface area is 161 Å². The number of benzene rings is 2. The first-order valence-electron chi connectivity index (χ1n) is 8.17. The Hall–Kier alpha value is -3.94.